The minimum Gasteiger partial charge on any atom is -0.339 e. The Morgan fingerprint density at radius 1 is 0.960 bits per heavy atom. The van der Waals surface area contributed by atoms with Gasteiger partial charge in [-0.15, -0.1) is 0 Å². The largest absolute Gasteiger partial charge is 0.339 e. The first-order chi connectivity index (χ1) is 12.0. The molecule has 25 heavy (non-hydrogen) atoms. The summed E-state index contributed by atoms with van der Waals surface area (Å²) in [6, 6.07) is 14.1. The van der Waals surface area contributed by atoms with E-state index in [4.69, 9.17) is 0 Å². The minimum atomic E-state index is -0.502. The molecule has 3 rings (SSSR count). The lowest BCUT2D eigenvalue weighted by Gasteiger charge is -2.35. The Balaban J connectivity index is 1.59. The van der Waals surface area contributed by atoms with Crippen molar-refractivity contribution in [2.45, 2.75) is 13.3 Å². The van der Waals surface area contributed by atoms with E-state index >= 15 is 0 Å². The maximum atomic E-state index is 13.9. The van der Waals surface area contributed by atoms with E-state index in [1.165, 1.54) is 6.07 Å². The van der Waals surface area contributed by atoms with Crippen LogP contribution in [0.4, 0.5) is 4.39 Å². The molecule has 0 radical (unpaired) electrons. The molecule has 1 heterocycles. The van der Waals surface area contributed by atoms with Crippen LogP contribution in [0.25, 0.3) is 0 Å². The molecule has 1 aliphatic rings. The van der Waals surface area contributed by atoms with Gasteiger partial charge in [0.25, 0.3) is 5.91 Å². The average molecular weight is 340 g/mol. The van der Waals surface area contributed by atoms with Crippen LogP contribution < -0.4 is 0 Å². The Morgan fingerprint density at radius 3 is 2.28 bits per heavy atom. The number of carbonyl (C=O) groups is 2. The number of carbonyl (C=O) groups excluding carboxylic acids is 2. The molecule has 1 saturated heterocycles. The van der Waals surface area contributed by atoms with Gasteiger partial charge < -0.3 is 9.80 Å². The highest BCUT2D eigenvalue weighted by Crippen LogP contribution is 2.15. The molecule has 0 bridgehead atoms. The molecule has 2 aromatic carbocycles. The second-order valence-corrected chi connectivity index (χ2v) is 6.32. The molecule has 0 atom stereocenters. The van der Waals surface area contributed by atoms with Crippen LogP contribution >= 0.6 is 0 Å². The zero-order chi connectivity index (χ0) is 17.8. The molecule has 0 aromatic heterocycles. The van der Waals surface area contributed by atoms with Crippen LogP contribution in [0.5, 0.6) is 0 Å². The van der Waals surface area contributed by atoms with Crippen molar-refractivity contribution in [1.82, 2.24) is 9.80 Å². The Morgan fingerprint density at radius 2 is 1.60 bits per heavy atom. The van der Waals surface area contributed by atoms with Crippen LogP contribution in [0.2, 0.25) is 0 Å². The number of piperazine rings is 1. The van der Waals surface area contributed by atoms with Gasteiger partial charge in [0.05, 0.1) is 12.0 Å². The van der Waals surface area contributed by atoms with E-state index in [1.54, 1.807) is 21.9 Å². The number of benzene rings is 2. The number of nitrogens with zero attached hydrogens (tertiary/aromatic N) is 2. The van der Waals surface area contributed by atoms with Gasteiger partial charge in [-0.2, -0.15) is 0 Å². The quantitative estimate of drug-likeness (QED) is 0.862. The number of halogens is 1. The van der Waals surface area contributed by atoms with E-state index in [-0.39, 0.29) is 17.4 Å². The molecule has 2 aromatic rings. The Bertz CT molecular complexity index is 769. The zero-order valence-corrected chi connectivity index (χ0v) is 14.2. The molecule has 2 amide bonds. The second kappa shape index (κ2) is 7.47. The van der Waals surface area contributed by atoms with Gasteiger partial charge in [-0.25, -0.2) is 4.39 Å². The molecule has 4 nitrogen and oxygen atoms in total. The van der Waals surface area contributed by atoms with Crippen molar-refractivity contribution >= 4 is 11.8 Å². The first kappa shape index (κ1) is 17.1. The van der Waals surface area contributed by atoms with Gasteiger partial charge >= 0.3 is 0 Å². The Labute approximate surface area is 146 Å². The third kappa shape index (κ3) is 4.05. The molecule has 0 unspecified atom stereocenters. The van der Waals surface area contributed by atoms with Crippen molar-refractivity contribution in [3.05, 3.63) is 71.0 Å². The summed E-state index contributed by atoms with van der Waals surface area (Å²) in [5.41, 5.74) is 1.93. The third-order valence-electron chi connectivity index (χ3n) is 4.47. The number of amides is 2. The van der Waals surface area contributed by atoms with Gasteiger partial charge in [-0.3, -0.25) is 9.59 Å². The maximum absolute atomic E-state index is 13.9. The Hall–Kier alpha value is -2.69. The van der Waals surface area contributed by atoms with Gasteiger partial charge in [0.1, 0.15) is 5.82 Å². The fraction of sp³-hybridized carbons (Fsp3) is 0.300. The van der Waals surface area contributed by atoms with Crippen LogP contribution in [0.3, 0.4) is 0 Å². The summed E-state index contributed by atoms with van der Waals surface area (Å²) in [7, 11) is 0. The van der Waals surface area contributed by atoms with Crippen LogP contribution in [0.15, 0.2) is 48.5 Å². The van der Waals surface area contributed by atoms with Crippen molar-refractivity contribution in [3.63, 3.8) is 0 Å². The molecule has 130 valence electrons. The lowest BCUT2D eigenvalue weighted by Crippen LogP contribution is -2.51. The van der Waals surface area contributed by atoms with Gasteiger partial charge in [-0.05, 0) is 24.6 Å². The van der Waals surface area contributed by atoms with Gasteiger partial charge in [0.2, 0.25) is 5.91 Å². The number of aryl methyl sites for hydroxylation is 1. The van der Waals surface area contributed by atoms with Crippen LogP contribution in [-0.2, 0) is 11.2 Å². The van der Waals surface area contributed by atoms with E-state index < -0.39 is 5.82 Å². The van der Waals surface area contributed by atoms with Crippen LogP contribution in [0, 0.1) is 12.7 Å². The summed E-state index contributed by atoms with van der Waals surface area (Å²) < 4.78 is 13.9. The predicted octanol–water partition coefficient (Wildman–Crippen LogP) is 2.66. The van der Waals surface area contributed by atoms with E-state index in [0.29, 0.717) is 32.6 Å². The number of hydrogen-bond acceptors (Lipinski definition) is 2. The topological polar surface area (TPSA) is 40.6 Å². The summed E-state index contributed by atoms with van der Waals surface area (Å²) in [4.78, 5) is 28.3. The highest BCUT2D eigenvalue weighted by molar-refractivity contribution is 5.95. The lowest BCUT2D eigenvalue weighted by molar-refractivity contribution is -0.131. The normalized spacial score (nSPS) is 14.5. The lowest BCUT2D eigenvalue weighted by atomic mass is 10.1. The minimum absolute atomic E-state index is 0.0556. The first-order valence-corrected chi connectivity index (χ1v) is 8.42. The molecule has 1 fully saturated rings. The SMILES string of the molecule is Cc1ccc(F)c(C(=O)N2CCN(C(=O)Cc3ccccc3)CC2)c1. The summed E-state index contributed by atoms with van der Waals surface area (Å²) in [6.45, 7) is 3.63. The first-order valence-electron chi connectivity index (χ1n) is 8.42. The fourth-order valence-electron chi connectivity index (χ4n) is 3.01. The third-order valence-corrected chi connectivity index (χ3v) is 4.47. The predicted molar refractivity (Wildman–Crippen MR) is 93.8 cm³/mol. The summed E-state index contributed by atoms with van der Waals surface area (Å²) in [5.74, 6) is -0.755. The smallest absolute Gasteiger partial charge is 0.256 e. The zero-order valence-electron chi connectivity index (χ0n) is 14.2. The monoisotopic (exact) mass is 340 g/mol. The highest BCUT2D eigenvalue weighted by Gasteiger charge is 2.26. The van der Waals surface area contributed by atoms with Gasteiger partial charge in [0, 0.05) is 26.2 Å². The van der Waals surface area contributed by atoms with E-state index in [1.807, 2.05) is 37.3 Å². The van der Waals surface area contributed by atoms with E-state index in [0.717, 1.165) is 11.1 Å². The number of rotatable bonds is 3. The fourth-order valence-corrected chi connectivity index (χ4v) is 3.01. The van der Waals surface area contributed by atoms with Crippen LogP contribution in [0.1, 0.15) is 21.5 Å². The molecule has 0 N–H and O–H groups in total. The van der Waals surface area contributed by atoms with Gasteiger partial charge in [0.15, 0.2) is 0 Å². The van der Waals surface area contributed by atoms with Crippen molar-refractivity contribution in [1.29, 1.82) is 0 Å². The molecule has 0 saturated carbocycles. The maximum Gasteiger partial charge on any atom is 0.256 e. The average Bonchev–Trinajstić information content (AvgIpc) is 2.64. The van der Waals surface area contributed by atoms with Crippen molar-refractivity contribution in [2.24, 2.45) is 0 Å². The van der Waals surface area contributed by atoms with Crippen molar-refractivity contribution in [2.75, 3.05) is 26.2 Å². The summed E-state index contributed by atoms with van der Waals surface area (Å²) in [5, 5.41) is 0. The molecular formula is C20H21FN2O2. The molecule has 0 aliphatic carbocycles. The highest BCUT2D eigenvalue weighted by atomic mass is 19.1. The molecular weight excluding hydrogens is 319 g/mol. The molecule has 5 heteroatoms. The van der Waals surface area contributed by atoms with Crippen molar-refractivity contribution < 1.29 is 14.0 Å². The van der Waals surface area contributed by atoms with E-state index in [2.05, 4.69) is 0 Å². The van der Waals surface area contributed by atoms with Crippen molar-refractivity contribution in [3.8, 4) is 0 Å². The van der Waals surface area contributed by atoms with Crippen LogP contribution in [-0.4, -0.2) is 47.8 Å². The Kier molecular flexibility index (Phi) is 5.12. The van der Waals surface area contributed by atoms with E-state index in [9.17, 15) is 14.0 Å². The standard InChI is InChI=1S/C20H21FN2O2/c1-15-7-8-18(21)17(13-15)20(25)23-11-9-22(10-12-23)19(24)14-16-5-3-2-4-6-16/h2-8,13H,9-12,14H2,1H3. The van der Waals surface area contributed by atoms with Gasteiger partial charge in [-0.1, -0.05) is 42.0 Å². The number of hydrogen-bond donors (Lipinski definition) is 0. The molecule has 0 spiro atoms. The summed E-state index contributed by atoms with van der Waals surface area (Å²) in [6.07, 6.45) is 0.362. The second-order valence-electron chi connectivity index (χ2n) is 6.32. The molecule has 1 aliphatic heterocycles. The summed E-state index contributed by atoms with van der Waals surface area (Å²) >= 11 is 0.